The van der Waals surface area contributed by atoms with E-state index in [2.05, 4.69) is 0 Å². The molecule has 0 saturated carbocycles. The van der Waals surface area contributed by atoms with Crippen molar-refractivity contribution < 1.29 is 19.4 Å². The molecule has 0 aliphatic carbocycles. The molecular weight excluding hydrogens is 294 g/mol. The van der Waals surface area contributed by atoms with E-state index in [0.29, 0.717) is 6.42 Å². The van der Waals surface area contributed by atoms with Gasteiger partial charge in [0.1, 0.15) is 0 Å². The molecular formula is C18H25NO4. The molecule has 1 aliphatic rings. The second-order valence-corrected chi connectivity index (χ2v) is 6.25. The van der Waals surface area contributed by atoms with Gasteiger partial charge < -0.3 is 14.7 Å². The Balaban J connectivity index is 2.16. The van der Waals surface area contributed by atoms with E-state index in [9.17, 15) is 14.7 Å². The third-order valence-corrected chi connectivity index (χ3v) is 4.90. The van der Waals surface area contributed by atoms with E-state index in [1.807, 2.05) is 37.3 Å². The van der Waals surface area contributed by atoms with Crippen molar-refractivity contribution in [3.63, 3.8) is 0 Å². The van der Waals surface area contributed by atoms with Crippen LogP contribution in [0.5, 0.6) is 0 Å². The number of amides is 1. The lowest BCUT2D eigenvalue weighted by atomic mass is 9.81. The molecule has 1 amide bonds. The summed E-state index contributed by atoms with van der Waals surface area (Å²) in [5.41, 5.74) is 1.00. The molecule has 0 aromatic heterocycles. The Morgan fingerprint density at radius 3 is 2.70 bits per heavy atom. The molecule has 4 atom stereocenters. The van der Waals surface area contributed by atoms with E-state index in [1.165, 1.54) is 0 Å². The van der Waals surface area contributed by atoms with Crippen LogP contribution in [0, 0.1) is 11.8 Å². The van der Waals surface area contributed by atoms with Gasteiger partial charge in [-0.2, -0.15) is 0 Å². The van der Waals surface area contributed by atoms with E-state index in [1.54, 1.807) is 12.0 Å². The molecule has 126 valence electrons. The molecule has 1 aromatic carbocycles. The Morgan fingerprint density at radius 1 is 1.43 bits per heavy atom. The van der Waals surface area contributed by atoms with Crippen molar-refractivity contribution in [1.29, 1.82) is 0 Å². The van der Waals surface area contributed by atoms with Crippen molar-refractivity contribution in [2.45, 2.75) is 38.3 Å². The first-order valence-electron chi connectivity index (χ1n) is 8.09. The molecule has 1 heterocycles. The first-order chi connectivity index (χ1) is 11.1. The van der Waals surface area contributed by atoms with Crippen LogP contribution in [0.2, 0.25) is 0 Å². The standard InChI is InChI=1S/C18H25NO4/c1-13(17(23-2)16-9-6-10-19(16)12-20)15(18(21)22)11-14-7-4-3-5-8-14/h3-5,7-8,12-13,15-17H,6,9-11H2,1-2H3,(H,21,22). The van der Waals surface area contributed by atoms with Crippen molar-refractivity contribution in [1.82, 2.24) is 4.90 Å². The van der Waals surface area contributed by atoms with Gasteiger partial charge in [0, 0.05) is 13.7 Å². The number of nitrogens with zero attached hydrogens (tertiary/aromatic N) is 1. The fourth-order valence-electron chi connectivity index (χ4n) is 3.62. The van der Waals surface area contributed by atoms with E-state index < -0.39 is 11.9 Å². The van der Waals surface area contributed by atoms with Gasteiger partial charge in [0.15, 0.2) is 0 Å². The Morgan fingerprint density at radius 2 is 2.13 bits per heavy atom. The maximum absolute atomic E-state index is 11.8. The number of hydrogen-bond acceptors (Lipinski definition) is 3. The predicted molar refractivity (Wildman–Crippen MR) is 87.0 cm³/mol. The fourth-order valence-corrected chi connectivity index (χ4v) is 3.62. The van der Waals surface area contributed by atoms with Gasteiger partial charge in [0.2, 0.25) is 6.41 Å². The van der Waals surface area contributed by atoms with Crippen LogP contribution in [-0.2, 0) is 20.7 Å². The highest BCUT2D eigenvalue weighted by molar-refractivity contribution is 5.71. The van der Waals surface area contributed by atoms with Crippen molar-refractivity contribution >= 4 is 12.4 Å². The quantitative estimate of drug-likeness (QED) is 0.746. The molecule has 1 aromatic rings. The number of likely N-dealkylation sites (tertiary alicyclic amines) is 1. The van der Waals surface area contributed by atoms with Gasteiger partial charge in [-0.05, 0) is 30.7 Å². The number of carbonyl (C=O) groups is 2. The zero-order valence-corrected chi connectivity index (χ0v) is 13.7. The van der Waals surface area contributed by atoms with Crippen LogP contribution in [0.25, 0.3) is 0 Å². The lowest BCUT2D eigenvalue weighted by Gasteiger charge is -2.35. The maximum atomic E-state index is 11.8. The molecule has 0 spiro atoms. The van der Waals surface area contributed by atoms with Gasteiger partial charge >= 0.3 is 5.97 Å². The molecule has 1 fully saturated rings. The van der Waals surface area contributed by atoms with Crippen LogP contribution in [-0.4, -0.2) is 48.2 Å². The van der Waals surface area contributed by atoms with Crippen molar-refractivity contribution in [3.05, 3.63) is 35.9 Å². The SMILES string of the molecule is COC(C(C)C(Cc1ccccc1)C(=O)O)C1CCCN1C=O. The van der Waals surface area contributed by atoms with Crippen LogP contribution in [0.15, 0.2) is 30.3 Å². The number of benzene rings is 1. The van der Waals surface area contributed by atoms with Gasteiger partial charge in [-0.15, -0.1) is 0 Å². The summed E-state index contributed by atoms with van der Waals surface area (Å²) in [7, 11) is 1.60. The Labute approximate surface area is 137 Å². The number of ether oxygens (including phenoxy) is 1. The molecule has 1 aliphatic heterocycles. The second-order valence-electron chi connectivity index (χ2n) is 6.25. The van der Waals surface area contributed by atoms with Crippen LogP contribution in [0.1, 0.15) is 25.3 Å². The second kappa shape index (κ2) is 8.11. The lowest BCUT2D eigenvalue weighted by molar-refractivity contribution is -0.146. The van der Waals surface area contributed by atoms with Gasteiger partial charge in [-0.25, -0.2) is 0 Å². The Hall–Kier alpha value is -1.88. The summed E-state index contributed by atoms with van der Waals surface area (Å²) in [6.45, 7) is 2.63. The van der Waals surface area contributed by atoms with E-state index in [4.69, 9.17) is 4.74 Å². The van der Waals surface area contributed by atoms with Crippen LogP contribution in [0.3, 0.4) is 0 Å². The number of carbonyl (C=O) groups excluding carboxylic acids is 1. The zero-order valence-electron chi connectivity index (χ0n) is 13.7. The number of rotatable bonds is 8. The highest BCUT2D eigenvalue weighted by Gasteiger charge is 2.39. The first kappa shape index (κ1) is 17.5. The summed E-state index contributed by atoms with van der Waals surface area (Å²) in [4.78, 5) is 24.7. The molecule has 0 radical (unpaired) electrons. The molecule has 23 heavy (non-hydrogen) atoms. The van der Waals surface area contributed by atoms with Crippen LogP contribution < -0.4 is 0 Å². The highest BCUT2D eigenvalue weighted by Crippen LogP contribution is 2.30. The van der Waals surface area contributed by atoms with E-state index in [0.717, 1.165) is 31.4 Å². The summed E-state index contributed by atoms with van der Waals surface area (Å²) < 4.78 is 5.63. The summed E-state index contributed by atoms with van der Waals surface area (Å²) in [6, 6.07) is 9.59. The molecule has 1 saturated heterocycles. The summed E-state index contributed by atoms with van der Waals surface area (Å²) >= 11 is 0. The normalized spacial score (nSPS) is 21.7. The lowest BCUT2D eigenvalue weighted by Crippen LogP contribution is -2.46. The van der Waals surface area contributed by atoms with E-state index >= 15 is 0 Å². The summed E-state index contributed by atoms with van der Waals surface area (Å²) in [6.07, 6.45) is 2.84. The maximum Gasteiger partial charge on any atom is 0.307 e. The van der Waals surface area contributed by atoms with Gasteiger partial charge in [-0.1, -0.05) is 37.3 Å². The molecule has 0 bridgehead atoms. The number of aliphatic carboxylic acids is 1. The molecule has 5 heteroatoms. The third kappa shape index (κ3) is 4.10. The highest BCUT2D eigenvalue weighted by atomic mass is 16.5. The fraction of sp³-hybridized carbons (Fsp3) is 0.556. The molecule has 2 rings (SSSR count). The predicted octanol–water partition coefficient (Wildman–Crippen LogP) is 2.20. The van der Waals surface area contributed by atoms with Crippen molar-refractivity contribution in [3.8, 4) is 0 Å². The minimum Gasteiger partial charge on any atom is -0.481 e. The minimum absolute atomic E-state index is 0.0369. The largest absolute Gasteiger partial charge is 0.481 e. The van der Waals surface area contributed by atoms with Gasteiger partial charge in [0.05, 0.1) is 18.1 Å². The first-order valence-corrected chi connectivity index (χ1v) is 8.09. The van der Waals surface area contributed by atoms with Crippen molar-refractivity contribution in [2.75, 3.05) is 13.7 Å². The zero-order chi connectivity index (χ0) is 16.8. The Kier molecular flexibility index (Phi) is 6.16. The topological polar surface area (TPSA) is 66.8 Å². The van der Waals surface area contributed by atoms with Gasteiger partial charge in [-0.3, -0.25) is 9.59 Å². The molecule has 4 unspecified atom stereocenters. The summed E-state index contributed by atoms with van der Waals surface area (Å²) in [5.74, 6) is -1.56. The average Bonchev–Trinajstić information content (AvgIpc) is 3.02. The van der Waals surface area contributed by atoms with E-state index in [-0.39, 0.29) is 18.1 Å². The number of carboxylic acid groups (broad SMARTS) is 1. The Bertz CT molecular complexity index is 519. The minimum atomic E-state index is -0.820. The summed E-state index contributed by atoms with van der Waals surface area (Å²) in [5, 5.41) is 9.68. The monoisotopic (exact) mass is 319 g/mol. The van der Waals surface area contributed by atoms with Crippen molar-refractivity contribution in [2.24, 2.45) is 11.8 Å². The average molecular weight is 319 g/mol. The van der Waals surface area contributed by atoms with Gasteiger partial charge in [0.25, 0.3) is 0 Å². The van der Waals surface area contributed by atoms with Crippen LogP contribution >= 0.6 is 0 Å². The number of carboxylic acids is 1. The molecule has 1 N–H and O–H groups in total. The molecule has 5 nitrogen and oxygen atoms in total. The number of methoxy groups -OCH3 is 1. The van der Waals surface area contributed by atoms with Crippen LogP contribution in [0.4, 0.5) is 0 Å². The number of hydrogen-bond donors (Lipinski definition) is 1. The smallest absolute Gasteiger partial charge is 0.307 e. The third-order valence-electron chi connectivity index (χ3n) is 4.90.